The van der Waals surface area contributed by atoms with Crippen LogP contribution >= 0.6 is 11.8 Å². The molecule has 7 nitrogen and oxygen atoms in total. The summed E-state index contributed by atoms with van der Waals surface area (Å²) in [5, 5.41) is 7.05. The summed E-state index contributed by atoms with van der Waals surface area (Å²) in [7, 11) is 0. The van der Waals surface area contributed by atoms with Crippen molar-refractivity contribution in [3.63, 3.8) is 0 Å². The Kier molecular flexibility index (Phi) is 5.92. The van der Waals surface area contributed by atoms with Gasteiger partial charge in [0.1, 0.15) is 18.2 Å². The first-order valence-electron chi connectivity index (χ1n) is 9.59. The van der Waals surface area contributed by atoms with Gasteiger partial charge in [0.2, 0.25) is 5.91 Å². The highest BCUT2D eigenvalue weighted by Gasteiger charge is 2.30. The summed E-state index contributed by atoms with van der Waals surface area (Å²) >= 11 is 1.60. The number of thioether (sulfide) groups is 1. The average molecular weight is 460 g/mol. The van der Waals surface area contributed by atoms with Crippen molar-refractivity contribution < 1.29 is 18.0 Å². The van der Waals surface area contributed by atoms with Crippen LogP contribution in [0.3, 0.4) is 0 Å². The maximum atomic E-state index is 12.9. The molecular weight excluding hydrogens is 441 g/mol. The summed E-state index contributed by atoms with van der Waals surface area (Å²) in [6.07, 6.45) is -1.78. The van der Waals surface area contributed by atoms with E-state index in [9.17, 15) is 18.0 Å². The summed E-state index contributed by atoms with van der Waals surface area (Å²) in [6.45, 7) is 1.75. The van der Waals surface area contributed by atoms with Crippen molar-refractivity contribution in [3.8, 4) is 5.82 Å². The molecule has 0 atom stereocenters. The molecule has 11 heteroatoms. The summed E-state index contributed by atoms with van der Waals surface area (Å²) in [5.74, 6) is 1.59. The minimum atomic E-state index is -4.48. The fraction of sp³-hybridized carbons (Fsp3) is 0.238. The van der Waals surface area contributed by atoms with Crippen LogP contribution in [-0.4, -0.2) is 36.5 Å². The number of halogens is 3. The van der Waals surface area contributed by atoms with E-state index in [1.165, 1.54) is 10.7 Å². The first-order chi connectivity index (χ1) is 15.3. The Morgan fingerprint density at radius 3 is 2.66 bits per heavy atom. The predicted octanol–water partition coefficient (Wildman–Crippen LogP) is 4.45. The number of hydrogen-bond donors (Lipinski definition) is 1. The predicted molar refractivity (Wildman–Crippen MR) is 117 cm³/mol. The molecule has 0 unspecified atom stereocenters. The molecule has 0 fully saturated rings. The highest BCUT2D eigenvalue weighted by molar-refractivity contribution is 7.97. The number of aromatic nitrogens is 5. The van der Waals surface area contributed by atoms with Crippen molar-refractivity contribution >= 4 is 34.5 Å². The highest BCUT2D eigenvalue weighted by atomic mass is 32.2. The summed E-state index contributed by atoms with van der Waals surface area (Å²) in [5.41, 5.74) is 1.38. The third kappa shape index (κ3) is 4.47. The van der Waals surface area contributed by atoms with E-state index in [0.29, 0.717) is 17.3 Å². The zero-order valence-electron chi connectivity index (χ0n) is 17.2. The third-order valence-electron chi connectivity index (χ3n) is 4.70. The number of nitrogens with zero attached hydrogens (tertiary/aromatic N) is 5. The second kappa shape index (κ2) is 8.65. The molecule has 0 bridgehead atoms. The zero-order valence-corrected chi connectivity index (χ0v) is 18.0. The number of carbonyl (C=O) groups excluding carboxylic acids is 1. The highest BCUT2D eigenvalue weighted by Crippen LogP contribution is 2.29. The molecule has 1 aromatic carbocycles. The number of aryl methyl sites for hydroxylation is 1. The van der Waals surface area contributed by atoms with Crippen LogP contribution in [0.4, 0.5) is 19.0 Å². The van der Waals surface area contributed by atoms with Gasteiger partial charge >= 0.3 is 6.18 Å². The SMILES string of the molecule is CSCc1nc2ccccc2n1CC(=O)Nc1cc(C)nn1-c1ccc(C(F)(F)F)cn1. The number of carbonyl (C=O) groups is 1. The van der Waals surface area contributed by atoms with Gasteiger partial charge in [-0.1, -0.05) is 12.1 Å². The first-order valence-corrected chi connectivity index (χ1v) is 11.0. The molecular formula is C21H19F3N6OS. The van der Waals surface area contributed by atoms with E-state index in [4.69, 9.17) is 0 Å². The molecule has 4 rings (SSSR count). The van der Waals surface area contributed by atoms with Crippen molar-refractivity contribution in [3.05, 3.63) is 65.7 Å². The molecule has 166 valence electrons. The Balaban J connectivity index is 1.59. The lowest BCUT2D eigenvalue weighted by Gasteiger charge is -2.11. The van der Waals surface area contributed by atoms with E-state index in [1.54, 1.807) is 24.8 Å². The molecule has 0 saturated heterocycles. The smallest absolute Gasteiger partial charge is 0.318 e. The maximum absolute atomic E-state index is 12.9. The van der Waals surface area contributed by atoms with Crippen LogP contribution < -0.4 is 5.32 Å². The Morgan fingerprint density at radius 2 is 1.97 bits per heavy atom. The number of pyridine rings is 1. The molecule has 0 spiro atoms. The second-order valence-corrected chi connectivity index (χ2v) is 7.94. The van der Waals surface area contributed by atoms with Crippen LogP contribution in [0, 0.1) is 6.92 Å². The largest absolute Gasteiger partial charge is 0.417 e. The molecule has 1 amide bonds. The number of fused-ring (bicyclic) bond motifs is 1. The summed E-state index contributed by atoms with van der Waals surface area (Å²) in [6, 6.07) is 11.3. The van der Waals surface area contributed by atoms with E-state index in [2.05, 4.69) is 20.4 Å². The quantitative estimate of drug-likeness (QED) is 0.460. The standard InChI is InChI=1S/C21H19F3N6OS/c1-13-9-18(30(28-13)17-8-7-14(10-25-17)21(22,23)24)27-20(31)11-29-16-6-4-3-5-15(16)26-19(29)12-32-2/h3-10H,11-12H2,1-2H3,(H,27,31). The molecule has 0 saturated carbocycles. The minimum absolute atomic E-state index is 0.0288. The van der Waals surface area contributed by atoms with Gasteiger partial charge < -0.3 is 9.88 Å². The van der Waals surface area contributed by atoms with Gasteiger partial charge in [0.15, 0.2) is 5.82 Å². The lowest BCUT2D eigenvalue weighted by Crippen LogP contribution is -2.22. The Labute approximate surface area is 185 Å². The van der Waals surface area contributed by atoms with E-state index in [-0.39, 0.29) is 18.3 Å². The van der Waals surface area contributed by atoms with E-state index < -0.39 is 11.7 Å². The number of nitrogens with one attached hydrogen (secondary N) is 1. The van der Waals surface area contributed by atoms with Crippen LogP contribution in [0.2, 0.25) is 0 Å². The molecule has 4 aromatic rings. The van der Waals surface area contributed by atoms with Crippen LogP contribution in [0.1, 0.15) is 17.1 Å². The second-order valence-electron chi connectivity index (χ2n) is 7.07. The van der Waals surface area contributed by atoms with Gasteiger partial charge in [0.25, 0.3) is 0 Å². The topological polar surface area (TPSA) is 77.6 Å². The summed E-state index contributed by atoms with van der Waals surface area (Å²) in [4.78, 5) is 21.3. The Bertz CT molecular complexity index is 1260. The monoisotopic (exact) mass is 460 g/mol. The van der Waals surface area contributed by atoms with Crippen LogP contribution in [0.25, 0.3) is 16.9 Å². The number of amides is 1. The van der Waals surface area contributed by atoms with Gasteiger partial charge in [0, 0.05) is 12.3 Å². The molecule has 0 aliphatic heterocycles. The van der Waals surface area contributed by atoms with Gasteiger partial charge in [-0.15, -0.1) is 0 Å². The van der Waals surface area contributed by atoms with Crippen LogP contribution in [0.5, 0.6) is 0 Å². The van der Waals surface area contributed by atoms with Crippen molar-refractivity contribution in [1.29, 1.82) is 0 Å². The van der Waals surface area contributed by atoms with Crippen molar-refractivity contribution in [2.45, 2.75) is 25.4 Å². The average Bonchev–Trinajstić information content (AvgIpc) is 3.28. The van der Waals surface area contributed by atoms with E-state index in [1.807, 2.05) is 35.1 Å². The molecule has 3 heterocycles. The van der Waals surface area contributed by atoms with E-state index >= 15 is 0 Å². The number of imidazole rings is 1. The normalized spacial score (nSPS) is 11.8. The van der Waals surface area contributed by atoms with Crippen molar-refractivity contribution in [1.82, 2.24) is 24.3 Å². The number of anilines is 1. The third-order valence-corrected chi connectivity index (χ3v) is 5.25. The molecule has 0 aliphatic carbocycles. The number of hydrogen-bond acceptors (Lipinski definition) is 5. The zero-order chi connectivity index (χ0) is 22.9. The van der Waals surface area contributed by atoms with Crippen LogP contribution in [0.15, 0.2) is 48.7 Å². The van der Waals surface area contributed by atoms with Crippen LogP contribution in [-0.2, 0) is 23.3 Å². The molecule has 3 aromatic heterocycles. The number of para-hydroxylation sites is 2. The molecule has 0 aliphatic rings. The molecule has 1 N–H and O–H groups in total. The fourth-order valence-corrected chi connectivity index (χ4v) is 3.79. The van der Waals surface area contributed by atoms with Gasteiger partial charge in [-0.2, -0.15) is 34.7 Å². The first kappa shape index (κ1) is 21.9. The van der Waals surface area contributed by atoms with Gasteiger partial charge in [-0.05, 0) is 37.4 Å². The Hall–Kier alpha value is -3.34. The number of rotatable bonds is 6. The molecule has 0 radical (unpaired) electrons. The van der Waals surface area contributed by atoms with Gasteiger partial charge in [0.05, 0.1) is 28.0 Å². The number of benzene rings is 1. The van der Waals surface area contributed by atoms with Crippen molar-refractivity contribution in [2.75, 3.05) is 11.6 Å². The Morgan fingerprint density at radius 1 is 1.19 bits per heavy atom. The minimum Gasteiger partial charge on any atom is -0.318 e. The lowest BCUT2D eigenvalue weighted by molar-refractivity contribution is -0.137. The van der Waals surface area contributed by atoms with Gasteiger partial charge in [-0.3, -0.25) is 4.79 Å². The van der Waals surface area contributed by atoms with Crippen molar-refractivity contribution in [2.24, 2.45) is 0 Å². The lowest BCUT2D eigenvalue weighted by atomic mass is 10.3. The molecule has 32 heavy (non-hydrogen) atoms. The van der Waals surface area contributed by atoms with Gasteiger partial charge in [-0.25, -0.2) is 9.97 Å². The summed E-state index contributed by atoms with van der Waals surface area (Å²) < 4.78 is 41.6. The maximum Gasteiger partial charge on any atom is 0.417 e. The van der Waals surface area contributed by atoms with E-state index in [0.717, 1.165) is 29.1 Å². The number of alkyl halides is 3. The fourth-order valence-electron chi connectivity index (χ4n) is 3.31.